The SMILES string of the molecule is COc1cccc(C(=O)NC(=NCc2ccc(F)cc2Cl)NC(N)CC(N)C(F)(F)F)c1. The number of hydrogen-bond acceptors (Lipinski definition) is 5. The maximum absolute atomic E-state index is 13.2. The van der Waals surface area contributed by atoms with Crippen molar-refractivity contribution in [3.05, 3.63) is 64.4 Å². The lowest BCUT2D eigenvalue weighted by Crippen LogP contribution is -2.53. The molecule has 2 unspecified atom stereocenters. The van der Waals surface area contributed by atoms with Gasteiger partial charge in [0.25, 0.3) is 5.91 Å². The van der Waals surface area contributed by atoms with Crippen LogP contribution in [0.1, 0.15) is 22.3 Å². The average Bonchev–Trinajstić information content (AvgIpc) is 2.72. The highest BCUT2D eigenvalue weighted by Gasteiger charge is 2.37. The summed E-state index contributed by atoms with van der Waals surface area (Å²) in [5.74, 6) is -0.946. The number of halogens is 5. The molecule has 2 aromatic rings. The molecule has 0 spiro atoms. The first kappa shape index (κ1) is 25.4. The maximum Gasteiger partial charge on any atom is 0.403 e. The molecule has 2 aromatic carbocycles. The number of rotatable bonds is 7. The number of nitrogens with two attached hydrogens (primary N) is 2. The highest BCUT2D eigenvalue weighted by atomic mass is 35.5. The van der Waals surface area contributed by atoms with E-state index in [2.05, 4.69) is 15.6 Å². The number of nitrogens with one attached hydrogen (secondary N) is 2. The van der Waals surface area contributed by atoms with Gasteiger partial charge in [-0.3, -0.25) is 10.1 Å². The van der Waals surface area contributed by atoms with Crippen LogP contribution in [0.3, 0.4) is 0 Å². The molecule has 2 rings (SSSR count). The highest BCUT2D eigenvalue weighted by Crippen LogP contribution is 2.21. The Balaban J connectivity index is 2.21. The van der Waals surface area contributed by atoms with E-state index >= 15 is 0 Å². The van der Waals surface area contributed by atoms with Gasteiger partial charge in [-0.2, -0.15) is 13.2 Å². The van der Waals surface area contributed by atoms with Gasteiger partial charge < -0.3 is 21.5 Å². The van der Waals surface area contributed by atoms with Crippen LogP contribution in [-0.4, -0.2) is 37.4 Å². The van der Waals surface area contributed by atoms with E-state index in [1.807, 2.05) is 0 Å². The van der Waals surface area contributed by atoms with Crippen molar-refractivity contribution in [1.82, 2.24) is 10.6 Å². The number of alkyl halides is 3. The molecule has 0 aliphatic heterocycles. The smallest absolute Gasteiger partial charge is 0.403 e. The minimum Gasteiger partial charge on any atom is -0.497 e. The fraction of sp³-hybridized carbons (Fsp3) is 0.300. The van der Waals surface area contributed by atoms with Crippen LogP contribution in [0.5, 0.6) is 5.75 Å². The molecule has 7 nitrogen and oxygen atoms in total. The van der Waals surface area contributed by atoms with Crippen LogP contribution < -0.4 is 26.8 Å². The van der Waals surface area contributed by atoms with Gasteiger partial charge in [-0.25, -0.2) is 9.38 Å². The van der Waals surface area contributed by atoms with E-state index < -0.39 is 36.5 Å². The number of aliphatic imine (C=N–C) groups is 1. The molecule has 0 saturated heterocycles. The largest absolute Gasteiger partial charge is 0.497 e. The first-order valence-electron chi connectivity index (χ1n) is 9.27. The Kier molecular flexibility index (Phi) is 8.81. The Bertz CT molecular complexity index is 971. The lowest BCUT2D eigenvalue weighted by molar-refractivity contribution is -0.149. The average molecular weight is 476 g/mol. The minimum atomic E-state index is -4.64. The lowest BCUT2D eigenvalue weighted by atomic mass is 10.2. The summed E-state index contributed by atoms with van der Waals surface area (Å²) in [7, 11) is 1.43. The zero-order valence-corrected chi connectivity index (χ0v) is 17.7. The zero-order valence-electron chi connectivity index (χ0n) is 16.9. The van der Waals surface area contributed by atoms with E-state index in [1.165, 1.54) is 31.4 Å². The standard InChI is InChI=1S/C20H22ClF4N5O2/c1-32-14-4-2-3-11(7-14)18(31)30-19(29-17(27)9-16(26)20(23,24)25)28-10-12-5-6-13(22)8-15(12)21/h2-8,16-17H,9-10,26-27H2,1H3,(H2,28,29,30,31). The van der Waals surface area contributed by atoms with Crippen molar-refractivity contribution in [3.63, 3.8) is 0 Å². The third-order valence-electron chi connectivity index (χ3n) is 4.24. The molecule has 2 atom stereocenters. The third kappa shape index (κ3) is 7.66. The maximum atomic E-state index is 13.2. The minimum absolute atomic E-state index is 0.0932. The normalized spacial score (nSPS) is 13.9. The van der Waals surface area contributed by atoms with E-state index in [0.717, 1.165) is 6.07 Å². The predicted octanol–water partition coefficient (Wildman–Crippen LogP) is 2.93. The Hall–Kier alpha value is -2.89. The molecule has 1 amide bonds. The van der Waals surface area contributed by atoms with Crippen molar-refractivity contribution in [2.45, 2.75) is 31.3 Å². The van der Waals surface area contributed by atoms with Gasteiger partial charge in [-0.1, -0.05) is 23.7 Å². The summed E-state index contributed by atoms with van der Waals surface area (Å²) in [5, 5.41) is 5.06. The number of methoxy groups -OCH3 is 1. The van der Waals surface area contributed by atoms with Crippen molar-refractivity contribution in [3.8, 4) is 5.75 Å². The van der Waals surface area contributed by atoms with Crippen molar-refractivity contribution in [1.29, 1.82) is 0 Å². The van der Waals surface area contributed by atoms with Crippen molar-refractivity contribution in [2.24, 2.45) is 16.5 Å². The van der Waals surface area contributed by atoms with Crippen molar-refractivity contribution >= 4 is 23.5 Å². The molecule has 0 fully saturated rings. The molecule has 0 radical (unpaired) electrons. The summed E-state index contributed by atoms with van der Waals surface area (Å²) in [6.45, 7) is -0.113. The highest BCUT2D eigenvalue weighted by molar-refractivity contribution is 6.31. The third-order valence-corrected chi connectivity index (χ3v) is 4.59. The number of amides is 1. The quantitative estimate of drug-likeness (QED) is 0.213. The summed E-state index contributed by atoms with van der Waals surface area (Å²) >= 11 is 5.98. The fourth-order valence-electron chi connectivity index (χ4n) is 2.52. The molecular weight excluding hydrogens is 454 g/mol. The van der Waals surface area contributed by atoms with Gasteiger partial charge in [-0.05, 0) is 35.9 Å². The Morgan fingerprint density at radius 2 is 1.94 bits per heavy atom. The van der Waals surface area contributed by atoms with Crippen molar-refractivity contribution < 1.29 is 27.1 Å². The van der Waals surface area contributed by atoms with Gasteiger partial charge in [-0.15, -0.1) is 0 Å². The van der Waals surface area contributed by atoms with Crippen LogP contribution in [0.25, 0.3) is 0 Å². The molecule has 0 saturated carbocycles. The second-order valence-corrected chi connectivity index (χ2v) is 7.13. The molecule has 0 aliphatic carbocycles. The van der Waals surface area contributed by atoms with Gasteiger partial charge in [0, 0.05) is 17.0 Å². The van der Waals surface area contributed by atoms with Crippen LogP contribution in [0, 0.1) is 5.82 Å². The van der Waals surface area contributed by atoms with Gasteiger partial charge in [0.05, 0.1) is 19.8 Å². The van der Waals surface area contributed by atoms with E-state index in [1.54, 1.807) is 12.1 Å². The molecule has 174 valence electrons. The molecule has 0 heterocycles. The molecule has 32 heavy (non-hydrogen) atoms. The van der Waals surface area contributed by atoms with E-state index in [4.69, 9.17) is 27.8 Å². The van der Waals surface area contributed by atoms with Crippen LogP contribution in [0.15, 0.2) is 47.5 Å². The number of benzene rings is 2. The monoisotopic (exact) mass is 475 g/mol. The van der Waals surface area contributed by atoms with Crippen LogP contribution in [-0.2, 0) is 6.54 Å². The molecule has 0 aliphatic rings. The van der Waals surface area contributed by atoms with Crippen molar-refractivity contribution in [2.75, 3.05) is 7.11 Å². The van der Waals surface area contributed by atoms with Gasteiger partial charge in [0.2, 0.25) is 0 Å². The second kappa shape index (κ2) is 11.1. The number of nitrogens with zero attached hydrogens (tertiary/aromatic N) is 1. The summed E-state index contributed by atoms with van der Waals surface area (Å²) in [5.41, 5.74) is 11.5. The number of guanidine groups is 1. The lowest BCUT2D eigenvalue weighted by Gasteiger charge is -2.22. The summed E-state index contributed by atoms with van der Waals surface area (Å²) in [6, 6.07) is 7.66. The Morgan fingerprint density at radius 1 is 1.22 bits per heavy atom. The summed E-state index contributed by atoms with van der Waals surface area (Å²) in [6.07, 6.45) is -6.59. The van der Waals surface area contributed by atoms with Gasteiger partial charge in [0.1, 0.15) is 17.6 Å². The van der Waals surface area contributed by atoms with Crippen LogP contribution in [0.4, 0.5) is 17.6 Å². The Labute approximate surface area is 186 Å². The molecule has 12 heteroatoms. The Morgan fingerprint density at radius 3 is 2.56 bits per heavy atom. The number of carbonyl (C=O) groups is 1. The molecule has 0 aromatic heterocycles. The summed E-state index contributed by atoms with van der Waals surface area (Å²) in [4.78, 5) is 16.7. The van der Waals surface area contributed by atoms with E-state index in [9.17, 15) is 22.4 Å². The topological polar surface area (TPSA) is 115 Å². The second-order valence-electron chi connectivity index (χ2n) is 6.72. The van der Waals surface area contributed by atoms with Gasteiger partial charge in [0.15, 0.2) is 5.96 Å². The summed E-state index contributed by atoms with van der Waals surface area (Å²) < 4.78 is 56.5. The first-order valence-corrected chi connectivity index (χ1v) is 9.65. The van der Waals surface area contributed by atoms with Gasteiger partial charge >= 0.3 is 6.18 Å². The number of carbonyl (C=O) groups excluding carboxylic acids is 1. The fourth-order valence-corrected chi connectivity index (χ4v) is 2.75. The first-order chi connectivity index (χ1) is 15.0. The molecular formula is C20H22ClF4N5O2. The number of ether oxygens (including phenoxy) is 1. The van der Waals surface area contributed by atoms with Crippen LogP contribution >= 0.6 is 11.6 Å². The van der Waals surface area contributed by atoms with E-state index in [0.29, 0.717) is 11.3 Å². The molecule has 6 N–H and O–H groups in total. The zero-order chi connectivity index (χ0) is 23.9. The molecule has 0 bridgehead atoms. The predicted molar refractivity (Wildman–Crippen MR) is 113 cm³/mol. The van der Waals surface area contributed by atoms with Crippen LogP contribution in [0.2, 0.25) is 5.02 Å². The van der Waals surface area contributed by atoms with E-state index in [-0.39, 0.29) is 23.1 Å². The number of hydrogen-bond donors (Lipinski definition) is 4.